The third-order valence-electron chi connectivity index (χ3n) is 4.80. The molecule has 172 valence electrons. The highest BCUT2D eigenvalue weighted by Gasteiger charge is 2.27. The Morgan fingerprint density at radius 2 is 1.85 bits per heavy atom. The van der Waals surface area contributed by atoms with Crippen molar-refractivity contribution in [2.45, 2.75) is 32.4 Å². The largest absolute Gasteiger partial charge is 0.405 e. The molecule has 0 unspecified atom stereocenters. The summed E-state index contributed by atoms with van der Waals surface area (Å²) in [4.78, 5) is 8.69. The lowest BCUT2D eigenvalue weighted by atomic mass is 9.84. The predicted molar refractivity (Wildman–Crippen MR) is 120 cm³/mol. The summed E-state index contributed by atoms with van der Waals surface area (Å²) < 4.78 is 43.8. The van der Waals surface area contributed by atoms with E-state index in [4.69, 9.17) is 10.2 Å². The lowest BCUT2D eigenvalue weighted by Gasteiger charge is -2.23. The minimum atomic E-state index is -4.34. The van der Waals surface area contributed by atoms with Gasteiger partial charge >= 0.3 is 12.2 Å². The fourth-order valence-corrected chi connectivity index (χ4v) is 3.28. The van der Waals surface area contributed by atoms with Crippen LogP contribution >= 0.6 is 0 Å². The molecule has 3 heterocycles. The Bertz CT molecular complexity index is 1280. The number of aromatic nitrogens is 4. The van der Waals surface area contributed by atoms with Crippen molar-refractivity contribution in [1.29, 1.82) is 0 Å². The summed E-state index contributed by atoms with van der Waals surface area (Å²) in [7, 11) is 0. The summed E-state index contributed by atoms with van der Waals surface area (Å²) in [6.07, 6.45) is -1.09. The Labute approximate surface area is 187 Å². The highest BCUT2D eigenvalue weighted by Crippen LogP contribution is 2.36. The maximum Gasteiger partial charge on any atom is 0.405 e. The minimum absolute atomic E-state index is 0.147. The summed E-state index contributed by atoms with van der Waals surface area (Å²) >= 11 is 0. The first-order chi connectivity index (χ1) is 15.5. The zero-order chi connectivity index (χ0) is 23.8. The summed E-state index contributed by atoms with van der Waals surface area (Å²) in [5.41, 5.74) is 8.81. The molecule has 0 aliphatic heterocycles. The average Bonchev–Trinajstić information content (AvgIpc) is 3.20. The summed E-state index contributed by atoms with van der Waals surface area (Å²) in [5, 5.41) is 13.9. The lowest BCUT2D eigenvalue weighted by Crippen LogP contribution is -2.22. The monoisotopic (exact) mass is 457 g/mol. The van der Waals surface area contributed by atoms with E-state index in [9.17, 15) is 13.2 Å². The van der Waals surface area contributed by atoms with Gasteiger partial charge in [-0.2, -0.15) is 13.2 Å². The number of nitrogen functional groups attached to an aromatic ring is 1. The number of alkyl halides is 3. The number of nitrogens with one attached hydrogen (secondary N) is 2. The molecule has 11 heteroatoms. The molecule has 0 radical (unpaired) electrons. The van der Waals surface area contributed by atoms with Crippen LogP contribution < -0.4 is 16.4 Å². The second-order valence-corrected chi connectivity index (χ2v) is 8.51. The number of anilines is 4. The van der Waals surface area contributed by atoms with Gasteiger partial charge in [0.2, 0.25) is 0 Å². The fourth-order valence-electron chi connectivity index (χ4n) is 3.28. The second kappa shape index (κ2) is 8.23. The molecule has 4 rings (SSSR count). The predicted octanol–water partition coefficient (Wildman–Crippen LogP) is 5.28. The third kappa shape index (κ3) is 5.13. The van der Waals surface area contributed by atoms with Crippen LogP contribution in [0.1, 0.15) is 26.3 Å². The van der Waals surface area contributed by atoms with E-state index in [1.54, 1.807) is 42.7 Å². The minimum Gasteiger partial charge on any atom is -0.401 e. The van der Waals surface area contributed by atoms with Crippen LogP contribution in [0.15, 0.2) is 47.1 Å². The van der Waals surface area contributed by atoms with Gasteiger partial charge in [-0.25, -0.2) is 4.98 Å². The molecular formula is C22H22F3N7O. The first kappa shape index (κ1) is 22.3. The second-order valence-electron chi connectivity index (χ2n) is 8.51. The first-order valence-corrected chi connectivity index (χ1v) is 10.1. The number of fused-ring (bicyclic) bond motifs is 1. The van der Waals surface area contributed by atoms with E-state index in [1.165, 1.54) is 0 Å². The van der Waals surface area contributed by atoms with Gasteiger partial charge in [0, 0.05) is 23.0 Å². The molecule has 3 aromatic heterocycles. The topological polar surface area (TPSA) is 115 Å². The molecule has 4 N–H and O–H groups in total. The molecule has 0 bridgehead atoms. The van der Waals surface area contributed by atoms with Crippen molar-refractivity contribution in [3.05, 3.63) is 48.3 Å². The van der Waals surface area contributed by atoms with Crippen LogP contribution in [-0.2, 0) is 5.41 Å². The zero-order valence-corrected chi connectivity index (χ0v) is 18.2. The molecule has 0 saturated carbocycles. The lowest BCUT2D eigenvalue weighted by molar-refractivity contribution is -0.115. The quantitative estimate of drug-likeness (QED) is 0.371. The average molecular weight is 457 g/mol. The highest BCUT2D eigenvalue weighted by atomic mass is 19.4. The van der Waals surface area contributed by atoms with Crippen molar-refractivity contribution >= 4 is 34.0 Å². The number of hydrogen-bond donors (Lipinski definition) is 3. The summed E-state index contributed by atoms with van der Waals surface area (Å²) in [6.45, 7) is 4.69. The number of nitrogens with two attached hydrogens (primary N) is 1. The van der Waals surface area contributed by atoms with Gasteiger partial charge in [0.25, 0.3) is 5.89 Å². The van der Waals surface area contributed by atoms with E-state index >= 15 is 0 Å². The Balaban J connectivity index is 1.74. The van der Waals surface area contributed by atoms with Gasteiger partial charge in [-0.15, -0.1) is 5.10 Å². The standard InChI is InChI=1S/C22H22F3N7O/c1-21(2,3)15-8-13(28-11-22(23,24)25)7-14-16(26)9-17(30-18(14)15)19-31-32-20(33-19)29-12-5-4-6-27-10-12/h4-10,28H,11H2,1-3H3,(H2,26,30)(H,29,32). The molecule has 0 fully saturated rings. The van der Waals surface area contributed by atoms with E-state index in [-0.39, 0.29) is 11.9 Å². The number of benzene rings is 1. The van der Waals surface area contributed by atoms with E-state index in [0.29, 0.717) is 33.7 Å². The van der Waals surface area contributed by atoms with Crippen molar-refractivity contribution in [3.8, 4) is 11.6 Å². The van der Waals surface area contributed by atoms with Gasteiger partial charge in [-0.05, 0) is 41.3 Å². The summed E-state index contributed by atoms with van der Waals surface area (Å²) in [6, 6.07) is 8.49. The van der Waals surface area contributed by atoms with Crippen LogP contribution in [0.4, 0.5) is 36.2 Å². The summed E-state index contributed by atoms with van der Waals surface area (Å²) in [5.74, 6) is 0.147. The number of rotatable bonds is 5. The Morgan fingerprint density at radius 1 is 1.06 bits per heavy atom. The smallest absolute Gasteiger partial charge is 0.401 e. The van der Waals surface area contributed by atoms with Crippen LogP contribution in [0.25, 0.3) is 22.5 Å². The molecule has 0 aliphatic carbocycles. The number of pyridine rings is 2. The normalized spacial score (nSPS) is 12.2. The molecule has 1 aromatic carbocycles. The third-order valence-corrected chi connectivity index (χ3v) is 4.80. The molecular weight excluding hydrogens is 435 g/mol. The van der Waals surface area contributed by atoms with Crippen LogP contribution in [-0.4, -0.2) is 32.9 Å². The van der Waals surface area contributed by atoms with E-state index in [1.807, 2.05) is 20.8 Å². The molecule has 0 amide bonds. The molecule has 0 atom stereocenters. The molecule has 0 saturated heterocycles. The van der Waals surface area contributed by atoms with Crippen molar-refractivity contribution in [2.24, 2.45) is 0 Å². The van der Waals surface area contributed by atoms with Crippen LogP contribution in [0.3, 0.4) is 0 Å². The van der Waals surface area contributed by atoms with Gasteiger partial charge in [-0.3, -0.25) is 4.98 Å². The van der Waals surface area contributed by atoms with Gasteiger partial charge < -0.3 is 20.8 Å². The molecule has 8 nitrogen and oxygen atoms in total. The van der Waals surface area contributed by atoms with E-state index in [2.05, 4.69) is 30.8 Å². The number of nitrogens with zero attached hydrogens (tertiary/aromatic N) is 4. The molecule has 4 aromatic rings. The molecule has 0 aliphatic rings. The maximum atomic E-state index is 12.7. The van der Waals surface area contributed by atoms with Gasteiger partial charge in [0.1, 0.15) is 12.2 Å². The van der Waals surface area contributed by atoms with Crippen molar-refractivity contribution < 1.29 is 17.6 Å². The van der Waals surface area contributed by atoms with Crippen LogP contribution in [0, 0.1) is 0 Å². The highest BCUT2D eigenvalue weighted by molar-refractivity contribution is 5.97. The SMILES string of the molecule is CC(C)(C)c1cc(NCC(F)(F)F)cc2c(N)cc(-c3nnc(Nc4cccnc4)o3)nc12. The van der Waals surface area contributed by atoms with E-state index < -0.39 is 18.1 Å². The number of hydrogen-bond acceptors (Lipinski definition) is 8. The molecule has 0 spiro atoms. The number of halogens is 3. The first-order valence-electron chi connectivity index (χ1n) is 10.1. The van der Waals surface area contributed by atoms with Crippen molar-refractivity contribution in [1.82, 2.24) is 20.2 Å². The fraction of sp³-hybridized carbons (Fsp3) is 0.273. The van der Waals surface area contributed by atoms with Gasteiger partial charge in [0.15, 0.2) is 0 Å². The zero-order valence-electron chi connectivity index (χ0n) is 18.2. The van der Waals surface area contributed by atoms with Crippen LogP contribution in [0.5, 0.6) is 0 Å². The van der Waals surface area contributed by atoms with Crippen LogP contribution in [0.2, 0.25) is 0 Å². The Kier molecular flexibility index (Phi) is 5.56. The Morgan fingerprint density at radius 3 is 2.52 bits per heavy atom. The maximum absolute atomic E-state index is 12.7. The van der Waals surface area contributed by atoms with Gasteiger partial charge in [-0.1, -0.05) is 25.9 Å². The Hall–Kier alpha value is -3.89. The van der Waals surface area contributed by atoms with Crippen molar-refractivity contribution in [3.63, 3.8) is 0 Å². The van der Waals surface area contributed by atoms with E-state index in [0.717, 1.165) is 5.56 Å². The van der Waals surface area contributed by atoms with Crippen molar-refractivity contribution in [2.75, 3.05) is 22.9 Å². The van der Waals surface area contributed by atoms with Gasteiger partial charge in [0.05, 0.1) is 17.4 Å². The molecule has 33 heavy (non-hydrogen) atoms.